The fraction of sp³-hybridized carbons (Fsp3) is 0.136. The van der Waals surface area contributed by atoms with Crippen LogP contribution in [0.1, 0.15) is 28.9 Å². The van der Waals surface area contributed by atoms with Crippen LogP contribution in [-0.2, 0) is 11.3 Å². The number of para-hydroxylation sites is 2. The minimum Gasteiger partial charge on any atom is -0.458 e. The second-order valence-electron chi connectivity index (χ2n) is 7.32. The zero-order valence-electron chi connectivity index (χ0n) is 18.5. The van der Waals surface area contributed by atoms with Gasteiger partial charge >= 0.3 is 0 Å². The molecule has 0 saturated heterocycles. The number of thiazole rings is 1. The zero-order chi connectivity index (χ0) is 25.1. The van der Waals surface area contributed by atoms with Crippen LogP contribution in [0.25, 0.3) is 17.1 Å². The number of furan rings is 1. The van der Waals surface area contributed by atoms with Gasteiger partial charge in [0.15, 0.2) is 16.6 Å². The van der Waals surface area contributed by atoms with Gasteiger partial charge in [0.25, 0.3) is 11.6 Å². The zero-order valence-corrected chi connectivity index (χ0v) is 19.3. The predicted octanol–water partition coefficient (Wildman–Crippen LogP) is 3.05. The molecule has 4 rings (SSSR count). The summed E-state index contributed by atoms with van der Waals surface area (Å²) in [6, 6.07) is 10.5. The highest BCUT2D eigenvalue weighted by molar-refractivity contribution is 7.14. The topological polar surface area (TPSA) is 162 Å². The normalized spacial score (nSPS) is 10.7. The number of carbonyl (C=O) groups excluding carboxylic acids is 2. The lowest BCUT2D eigenvalue weighted by atomic mass is 10.2. The average Bonchev–Trinajstić information content (AvgIpc) is 3.47. The molecule has 0 atom stereocenters. The van der Waals surface area contributed by atoms with Crippen LogP contribution in [0.4, 0.5) is 10.8 Å². The van der Waals surface area contributed by atoms with Crippen molar-refractivity contribution in [2.75, 3.05) is 5.32 Å². The molecule has 4 aromatic rings. The smallest absolute Gasteiger partial charge is 0.294 e. The fourth-order valence-electron chi connectivity index (χ4n) is 3.17. The van der Waals surface area contributed by atoms with Crippen molar-refractivity contribution in [1.29, 1.82) is 0 Å². The summed E-state index contributed by atoms with van der Waals surface area (Å²) in [6.45, 7) is 3.19. The molecular weight excluding hydrogens is 476 g/mol. The van der Waals surface area contributed by atoms with Gasteiger partial charge in [-0.25, -0.2) is 9.67 Å². The number of nitrogens with one attached hydrogen (secondary N) is 2. The van der Waals surface area contributed by atoms with E-state index in [-0.39, 0.29) is 29.0 Å². The average molecular weight is 494 g/mol. The number of amides is 2. The van der Waals surface area contributed by atoms with E-state index in [1.54, 1.807) is 30.5 Å². The Labute approximate surface area is 201 Å². The van der Waals surface area contributed by atoms with Crippen LogP contribution in [0.3, 0.4) is 0 Å². The molecule has 0 saturated carbocycles. The number of nitro groups is 1. The minimum atomic E-state index is -0.811. The number of nitro benzene ring substituents is 1. The minimum absolute atomic E-state index is 0.119. The Morgan fingerprint density at radius 2 is 2.00 bits per heavy atom. The lowest BCUT2D eigenvalue weighted by molar-refractivity contribution is -0.384. The van der Waals surface area contributed by atoms with Crippen molar-refractivity contribution in [2.45, 2.75) is 20.4 Å². The SMILES string of the molecule is CC(=O)NCc1ccc(-c2csc(NC(=O)c3nn(-c4ccccc4[N+](=O)[O-])c(C)cc3=O)n2)o1. The van der Waals surface area contributed by atoms with Gasteiger partial charge in [-0.2, -0.15) is 5.10 Å². The number of nitrogens with zero attached hydrogens (tertiary/aromatic N) is 4. The summed E-state index contributed by atoms with van der Waals surface area (Å²) in [5.41, 5.74) is -0.410. The van der Waals surface area contributed by atoms with E-state index in [0.717, 1.165) is 11.3 Å². The molecule has 0 spiro atoms. The van der Waals surface area contributed by atoms with E-state index >= 15 is 0 Å². The highest BCUT2D eigenvalue weighted by Crippen LogP contribution is 2.27. The van der Waals surface area contributed by atoms with Crippen LogP contribution in [0, 0.1) is 17.0 Å². The molecule has 2 N–H and O–H groups in total. The molecule has 12 nitrogen and oxygen atoms in total. The van der Waals surface area contributed by atoms with Gasteiger partial charge < -0.3 is 9.73 Å². The summed E-state index contributed by atoms with van der Waals surface area (Å²) in [5, 5.41) is 22.5. The van der Waals surface area contributed by atoms with Gasteiger partial charge in [0, 0.05) is 30.1 Å². The van der Waals surface area contributed by atoms with Gasteiger partial charge in [0.1, 0.15) is 17.1 Å². The van der Waals surface area contributed by atoms with Crippen molar-refractivity contribution in [3.05, 3.63) is 85.3 Å². The lowest BCUT2D eigenvalue weighted by Gasteiger charge is -2.11. The number of hydrogen-bond donors (Lipinski definition) is 2. The number of aryl methyl sites for hydroxylation is 1. The molecule has 2 amide bonds. The highest BCUT2D eigenvalue weighted by atomic mass is 32.1. The molecule has 0 aliphatic rings. The van der Waals surface area contributed by atoms with Crippen LogP contribution in [0.5, 0.6) is 0 Å². The van der Waals surface area contributed by atoms with Crippen molar-refractivity contribution >= 4 is 34.0 Å². The largest absolute Gasteiger partial charge is 0.458 e. The second-order valence-corrected chi connectivity index (χ2v) is 8.18. The van der Waals surface area contributed by atoms with E-state index in [1.807, 2.05) is 0 Å². The van der Waals surface area contributed by atoms with Crippen molar-refractivity contribution in [3.8, 4) is 17.1 Å². The number of carbonyl (C=O) groups is 2. The number of benzene rings is 1. The molecule has 0 aliphatic carbocycles. The Hall–Kier alpha value is -4.65. The first-order valence-electron chi connectivity index (χ1n) is 10.2. The van der Waals surface area contributed by atoms with E-state index in [4.69, 9.17) is 4.42 Å². The van der Waals surface area contributed by atoms with Crippen LogP contribution in [0.2, 0.25) is 0 Å². The number of aromatic nitrogens is 3. The van der Waals surface area contributed by atoms with Gasteiger partial charge in [-0.3, -0.25) is 29.8 Å². The van der Waals surface area contributed by atoms with Crippen molar-refractivity contribution in [3.63, 3.8) is 0 Å². The number of anilines is 1. The van der Waals surface area contributed by atoms with Gasteiger partial charge in [0.2, 0.25) is 11.3 Å². The van der Waals surface area contributed by atoms with E-state index in [9.17, 15) is 24.5 Å². The monoisotopic (exact) mass is 494 g/mol. The first-order chi connectivity index (χ1) is 16.7. The van der Waals surface area contributed by atoms with Gasteiger partial charge in [0.05, 0.1) is 11.5 Å². The van der Waals surface area contributed by atoms with Crippen LogP contribution in [-0.4, -0.2) is 31.5 Å². The molecule has 1 aromatic carbocycles. The fourth-order valence-corrected chi connectivity index (χ4v) is 3.86. The van der Waals surface area contributed by atoms with Crippen molar-refractivity contribution in [2.24, 2.45) is 0 Å². The van der Waals surface area contributed by atoms with Gasteiger partial charge in [-0.15, -0.1) is 11.3 Å². The third kappa shape index (κ3) is 5.14. The van der Waals surface area contributed by atoms with E-state index in [0.29, 0.717) is 22.9 Å². The molecule has 0 bridgehead atoms. The summed E-state index contributed by atoms with van der Waals surface area (Å²) in [7, 11) is 0. The number of rotatable bonds is 7. The van der Waals surface area contributed by atoms with Crippen LogP contribution < -0.4 is 16.1 Å². The first kappa shape index (κ1) is 23.5. The molecule has 13 heteroatoms. The second kappa shape index (κ2) is 9.69. The Kier molecular flexibility index (Phi) is 6.51. The Balaban J connectivity index is 1.57. The third-order valence-electron chi connectivity index (χ3n) is 4.78. The van der Waals surface area contributed by atoms with Gasteiger partial charge in [-0.05, 0) is 25.1 Å². The Bertz CT molecular complexity index is 1500. The number of hydrogen-bond acceptors (Lipinski definition) is 9. The van der Waals surface area contributed by atoms with E-state index in [1.165, 1.54) is 35.9 Å². The standard InChI is InChI=1S/C22H18N6O6S/c1-12-9-18(30)20(26-27(12)16-5-3-4-6-17(16)28(32)33)21(31)25-22-24-15(11-35-22)19-8-7-14(34-19)10-23-13(2)29/h3-9,11H,10H2,1-2H3,(H,23,29)(H,24,25,31). The molecule has 0 fully saturated rings. The van der Waals surface area contributed by atoms with Crippen molar-refractivity contribution < 1.29 is 18.9 Å². The maximum atomic E-state index is 12.8. The summed E-state index contributed by atoms with van der Waals surface area (Å²) in [4.78, 5) is 51.5. The molecule has 0 unspecified atom stereocenters. The molecular formula is C22H18N6O6S. The van der Waals surface area contributed by atoms with E-state index in [2.05, 4.69) is 20.7 Å². The maximum absolute atomic E-state index is 12.8. The summed E-state index contributed by atoms with van der Waals surface area (Å²) < 4.78 is 6.83. The van der Waals surface area contributed by atoms with Crippen LogP contribution >= 0.6 is 11.3 Å². The van der Waals surface area contributed by atoms with E-state index < -0.39 is 22.0 Å². The predicted molar refractivity (Wildman–Crippen MR) is 127 cm³/mol. The molecule has 35 heavy (non-hydrogen) atoms. The van der Waals surface area contributed by atoms with Gasteiger partial charge in [-0.1, -0.05) is 12.1 Å². The molecule has 178 valence electrons. The molecule has 3 heterocycles. The summed E-state index contributed by atoms with van der Waals surface area (Å²) in [5.74, 6) is -0.0243. The van der Waals surface area contributed by atoms with Crippen molar-refractivity contribution in [1.82, 2.24) is 20.1 Å². The molecule has 0 radical (unpaired) electrons. The molecule has 3 aromatic heterocycles. The molecule has 0 aliphatic heterocycles. The Morgan fingerprint density at radius 1 is 1.23 bits per heavy atom. The first-order valence-corrected chi connectivity index (χ1v) is 11.1. The maximum Gasteiger partial charge on any atom is 0.294 e. The summed E-state index contributed by atoms with van der Waals surface area (Å²) in [6.07, 6.45) is 0. The lowest BCUT2D eigenvalue weighted by Crippen LogP contribution is -2.27. The quantitative estimate of drug-likeness (QED) is 0.292. The third-order valence-corrected chi connectivity index (χ3v) is 5.54. The highest BCUT2D eigenvalue weighted by Gasteiger charge is 2.21. The Morgan fingerprint density at radius 3 is 2.74 bits per heavy atom. The van der Waals surface area contributed by atoms with Crippen LogP contribution in [0.15, 0.2) is 57.1 Å². The summed E-state index contributed by atoms with van der Waals surface area (Å²) >= 11 is 1.11.